The van der Waals surface area contributed by atoms with Crippen LogP contribution in [0.25, 0.3) is 0 Å². The van der Waals surface area contributed by atoms with Crippen LogP contribution in [0, 0.1) is 17.7 Å². The molecule has 0 aliphatic carbocycles. The van der Waals surface area contributed by atoms with Crippen LogP contribution in [-0.4, -0.2) is 62.3 Å². The van der Waals surface area contributed by atoms with Crippen molar-refractivity contribution < 1.29 is 28.6 Å². The predicted molar refractivity (Wildman–Crippen MR) is 122 cm³/mol. The lowest BCUT2D eigenvalue weighted by atomic mass is 9.87. The van der Waals surface area contributed by atoms with E-state index in [4.69, 9.17) is 14.6 Å². The minimum atomic E-state index is -0.436. The Morgan fingerprint density at radius 1 is 1.03 bits per heavy atom. The van der Waals surface area contributed by atoms with Gasteiger partial charge in [-0.3, -0.25) is 14.5 Å². The highest BCUT2D eigenvalue weighted by atomic mass is 19.1. The maximum Gasteiger partial charge on any atom is 0.228 e. The van der Waals surface area contributed by atoms with E-state index >= 15 is 0 Å². The van der Waals surface area contributed by atoms with Crippen LogP contribution in [0.2, 0.25) is 0 Å². The number of aliphatic hydroxyl groups is 1. The molecule has 0 unspecified atom stereocenters. The molecule has 1 aliphatic heterocycles. The van der Waals surface area contributed by atoms with Crippen molar-refractivity contribution in [3.63, 3.8) is 0 Å². The highest BCUT2D eigenvalue weighted by Crippen LogP contribution is 2.30. The summed E-state index contributed by atoms with van der Waals surface area (Å²) in [6.07, 6.45) is 0.382. The van der Waals surface area contributed by atoms with Gasteiger partial charge in [0.05, 0.1) is 32.7 Å². The van der Waals surface area contributed by atoms with Gasteiger partial charge in [0.2, 0.25) is 11.8 Å². The number of anilines is 1. The zero-order chi connectivity index (χ0) is 23.8. The van der Waals surface area contributed by atoms with Crippen LogP contribution in [0.4, 0.5) is 10.1 Å². The molecule has 3 rings (SSSR count). The lowest BCUT2D eigenvalue weighted by molar-refractivity contribution is -0.130. The Kier molecular flexibility index (Phi) is 8.62. The normalized spacial score (nSPS) is 18.4. The first-order valence-electron chi connectivity index (χ1n) is 10.8. The number of hydrogen-bond donors (Lipinski definition) is 3. The van der Waals surface area contributed by atoms with Gasteiger partial charge in [0.15, 0.2) is 11.5 Å². The van der Waals surface area contributed by atoms with Gasteiger partial charge >= 0.3 is 0 Å². The minimum Gasteiger partial charge on any atom is -0.493 e. The van der Waals surface area contributed by atoms with Crippen LogP contribution in [-0.2, 0) is 16.1 Å². The van der Waals surface area contributed by atoms with Crippen LogP contribution in [0.1, 0.15) is 12.0 Å². The molecular formula is C24H30FN3O5. The first kappa shape index (κ1) is 24.5. The number of ether oxygens (including phenoxy) is 2. The van der Waals surface area contributed by atoms with E-state index in [0.29, 0.717) is 43.2 Å². The molecule has 3 N–H and O–H groups in total. The molecular weight excluding hydrogens is 429 g/mol. The molecule has 33 heavy (non-hydrogen) atoms. The van der Waals surface area contributed by atoms with Crippen LogP contribution < -0.4 is 20.1 Å². The fraction of sp³-hybridized carbons (Fsp3) is 0.417. The largest absolute Gasteiger partial charge is 0.493 e. The first-order chi connectivity index (χ1) is 15.9. The van der Waals surface area contributed by atoms with E-state index in [-0.39, 0.29) is 30.8 Å². The maximum absolute atomic E-state index is 13.2. The number of carbonyl (C=O) groups is 2. The summed E-state index contributed by atoms with van der Waals surface area (Å²) in [5, 5.41) is 14.6. The number of halogens is 1. The third-order valence-corrected chi connectivity index (χ3v) is 5.64. The second-order valence-electron chi connectivity index (χ2n) is 8.02. The van der Waals surface area contributed by atoms with Crippen molar-refractivity contribution in [1.29, 1.82) is 0 Å². The molecule has 1 saturated heterocycles. The molecule has 0 radical (unpaired) electrons. The van der Waals surface area contributed by atoms with E-state index in [2.05, 4.69) is 15.5 Å². The van der Waals surface area contributed by atoms with Crippen molar-refractivity contribution in [2.75, 3.05) is 45.8 Å². The molecule has 1 heterocycles. The molecule has 0 aromatic heterocycles. The number of aliphatic hydroxyl groups excluding tert-OH is 1. The van der Waals surface area contributed by atoms with E-state index in [9.17, 15) is 14.0 Å². The fourth-order valence-electron chi connectivity index (χ4n) is 4.04. The molecule has 9 heteroatoms. The summed E-state index contributed by atoms with van der Waals surface area (Å²) in [7, 11) is 3.14. The summed E-state index contributed by atoms with van der Waals surface area (Å²) < 4.78 is 23.9. The molecule has 0 bridgehead atoms. The van der Waals surface area contributed by atoms with Gasteiger partial charge in [-0.15, -0.1) is 0 Å². The fourth-order valence-corrected chi connectivity index (χ4v) is 4.04. The summed E-state index contributed by atoms with van der Waals surface area (Å²) in [6.45, 7) is 1.47. The summed E-state index contributed by atoms with van der Waals surface area (Å²) in [5.74, 6) is -0.414. The number of benzene rings is 2. The zero-order valence-electron chi connectivity index (χ0n) is 18.8. The Morgan fingerprint density at radius 3 is 2.33 bits per heavy atom. The third kappa shape index (κ3) is 6.66. The summed E-state index contributed by atoms with van der Waals surface area (Å²) >= 11 is 0. The molecule has 8 nitrogen and oxygen atoms in total. The molecule has 0 saturated carbocycles. The maximum atomic E-state index is 13.2. The number of carbonyl (C=O) groups excluding carboxylic acids is 2. The molecule has 2 aromatic carbocycles. The summed E-state index contributed by atoms with van der Waals surface area (Å²) in [6, 6.07) is 11.2. The number of amides is 2. The lowest BCUT2D eigenvalue weighted by Crippen LogP contribution is -2.49. The van der Waals surface area contributed by atoms with Gasteiger partial charge in [0, 0.05) is 31.9 Å². The Morgan fingerprint density at radius 2 is 1.70 bits per heavy atom. The SMILES string of the molecule is COc1ccc(CN2C[C@@H](C(=O)NCCO)C[C@@H](C(=O)Nc3ccc(F)cc3)C2)cc1OC. The van der Waals surface area contributed by atoms with E-state index in [1.807, 2.05) is 18.2 Å². The zero-order valence-corrected chi connectivity index (χ0v) is 18.8. The number of nitrogens with one attached hydrogen (secondary N) is 2. The van der Waals surface area contributed by atoms with Crippen molar-refractivity contribution in [3.8, 4) is 11.5 Å². The van der Waals surface area contributed by atoms with Crippen molar-refractivity contribution in [2.45, 2.75) is 13.0 Å². The number of piperidine rings is 1. The van der Waals surface area contributed by atoms with E-state index < -0.39 is 11.8 Å². The molecule has 1 fully saturated rings. The van der Waals surface area contributed by atoms with Crippen LogP contribution in [0.5, 0.6) is 11.5 Å². The Balaban J connectivity index is 1.75. The monoisotopic (exact) mass is 459 g/mol. The highest BCUT2D eigenvalue weighted by molar-refractivity contribution is 5.93. The Hall–Kier alpha value is -3.17. The van der Waals surface area contributed by atoms with E-state index in [1.54, 1.807) is 14.2 Å². The number of nitrogens with zero attached hydrogens (tertiary/aromatic N) is 1. The lowest BCUT2D eigenvalue weighted by Gasteiger charge is -2.36. The van der Waals surface area contributed by atoms with Gasteiger partial charge in [-0.2, -0.15) is 0 Å². The van der Waals surface area contributed by atoms with Crippen LogP contribution in [0.3, 0.4) is 0 Å². The molecule has 0 spiro atoms. The quantitative estimate of drug-likeness (QED) is 0.531. The average molecular weight is 460 g/mol. The van der Waals surface area contributed by atoms with Gasteiger partial charge in [0.25, 0.3) is 0 Å². The molecule has 1 aliphatic rings. The van der Waals surface area contributed by atoms with Crippen molar-refractivity contribution in [2.24, 2.45) is 11.8 Å². The highest BCUT2D eigenvalue weighted by Gasteiger charge is 2.35. The number of likely N-dealkylation sites (tertiary alicyclic amines) is 1. The second kappa shape index (κ2) is 11.6. The Labute approximate surface area is 192 Å². The smallest absolute Gasteiger partial charge is 0.228 e. The average Bonchev–Trinajstić information content (AvgIpc) is 2.83. The molecule has 2 aromatic rings. The molecule has 2 atom stereocenters. The first-order valence-corrected chi connectivity index (χ1v) is 10.8. The predicted octanol–water partition coefficient (Wildman–Crippen LogP) is 2.03. The van der Waals surface area contributed by atoms with Crippen molar-refractivity contribution in [1.82, 2.24) is 10.2 Å². The van der Waals surface area contributed by atoms with Gasteiger partial charge in [-0.25, -0.2) is 4.39 Å². The molecule has 178 valence electrons. The van der Waals surface area contributed by atoms with E-state index in [0.717, 1.165) is 5.56 Å². The standard InChI is InChI=1S/C24H30FN3O5/c1-32-21-8-3-16(11-22(21)33-2)13-28-14-17(23(30)26-9-10-29)12-18(15-28)24(31)27-20-6-4-19(25)5-7-20/h3-8,11,17-18,29H,9-10,12-15H2,1-2H3,(H,26,30)(H,27,31)/t17-,18+/m0/s1. The van der Waals surface area contributed by atoms with Gasteiger partial charge in [-0.1, -0.05) is 6.07 Å². The van der Waals surface area contributed by atoms with Gasteiger partial charge < -0.3 is 25.2 Å². The Bertz CT molecular complexity index is 954. The van der Waals surface area contributed by atoms with Gasteiger partial charge in [-0.05, 0) is 48.4 Å². The molecule has 2 amide bonds. The van der Waals surface area contributed by atoms with E-state index in [1.165, 1.54) is 24.3 Å². The number of hydrogen-bond acceptors (Lipinski definition) is 6. The summed E-state index contributed by atoms with van der Waals surface area (Å²) in [5.41, 5.74) is 1.46. The van der Waals surface area contributed by atoms with Crippen LogP contribution in [0.15, 0.2) is 42.5 Å². The summed E-state index contributed by atoms with van der Waals surface area (Å²) in [4.78, 5) is 27.7. The van der Waals surface area contributed by atoms with Gasteiger partial charge in [0.1, 0.15) is 5.82 Å². The van der Waals surface area contributed by atoms with Crippen molar-refractivity contribution >= 4 is 17.5 Å². The number of methoxy groups -OCH3 is 2. The number of rotatable bonds is 9. The van der Waals surface area contributed by atoms with Crippen molar-refractivity contribution in [3.05, 3.63) is 53.8 Å². The third-order valence-electron chi connectivity index (χ3n) is 5.64. The van der Waals surface area contributed by atoms with Crippen LogP contribution >= 0.6 is 0 Å². The minimum absolute atomic E-state index is 0.150. The topological polar surface area (TPSA) is 100 Å². The second-order valence-corrected chi connectivity index (χ2v) is 8.02.